The summed E-state index contributed by atoms with van der Waals surface area (Å²) in [5, 5.41) is 8.73. The number of morpholine rings is 1. The molecule has 0 bridgehead atoms. The van der Waals surface area contributed by atoms with E-state index in [1.165, 1.54) is 24.2 Å². The summed E-state index contributed by atoms with van der Waals surface area (Å²) in [6.07, 6.45) is 2.75. The van der Waals surface area contributed by atoms with E-state index in [2.05, 4.69) is 9.62 Å². The van der Waals surface area contributed by atoms with Crippen LogP contribution < -0.4 is 4.72 Å². The molecule has 8 heteroatoms. The Morgan fingerprint density at radius 2 is 2.30 bits per heavy atom. The van der Waals surface area contributed by atoms with E-state index >= 15 is 0 Å². The molecule has 0 aromatic heterocycles. The van der Waals surface area contributed by atoms with Crippen molar-refractivity contribution in [2.75, 3.05) is 46.4 Å². The third-order valence-corrected chi connectivity index (χ3v) is 5.53. The summed E-state index contributed by atoms with van der Waals surface area (Å²) < 4.78 is 33.5. The maximum absolute atomic E-state index is 12.0. The minimum atomic E-state index is -3.48. The SMILES string of the molecule is CN(CCCO)S(=O)(=O)NCC1CN2CCCC2CO1. The van der Waals surface area contributed by atoms with Gasteiger partial charge in [0.05, 0.1) is 12.7 Å². The van der Waals surface area contributed by atoms with Crippen LogP contribution in [-0.4, -0.2) is 81.3 Å². The lowest BCUT2D eigenvalue weighted by Crippen LogP contribution is -2.51. The van der Waals surface area contributed by atoms with Crippen LogP contribution in [0.3, 0.4) is 0 Å². The van der Waals surface area contributed by atoms with Gasteiger partial charge in [0.1, 0.15) is 0 Å². The van der Waals surface area contributed by atoms with Crippen LogP contribution in [-0.2, 0) is 14.9 Å². The molecule has 0 aromatic carbocycles. The van der Waals surface area contributed by atoms with Gasteiger partial charge in [0, 0.05) is 39.3 Å². The van der Waals surface area contributed by atoms with Crippen LogP contribution >= 0.6 is 0 Å². The molecule has 7 nitrogen and oxygen atoms in total. The first-order valence-corrected chi connectivity index (χ1v) is 8.64. The second-order valence-electron chi connectivity index (χ2n) is 5.50. The quantitative estimate of drug-likeness (QED) is 0.630. The number of fused-ring (bicyclic) bond motifs is 1. The highest BCUT2D eigenvalue weighted by molar-refractivity contribution is 7.87. The molecule has 2 atom stereocenters. The van der Waals surface area contributed by atoms with Crippen molar-refractivity contribution in [1.29, 1.82) is 0 Å². The standard InChI is InChI=1S/C12H25N3O4S/c1-14(5-3-7-16)20(17,18)13-8-12-9-15-6-2-4-11(15)10-19-12/h11-13,16H,2-10H2,1H3. The number of nitrogens with one attached hydrogen (secondary N) is 1. The Labute approximate surface area is 121 Å². The lowest BCUT2D eigenvalue weighted by molar-refractivity contribution is -0.0450. The average Bonchev–Trinajstić information content (AvgIpc) is 2.90. The summed E-state index contributed by atoms with van der Waals surface area (Å²) in [6.45, 7) is 3.19. The molecule has 118 valence electrons. The van der Waals surface area contributed by atoms with Crippen molar-refractivity contribution < 1.29 is 18.3 Å². The molecule has 20 heavy (non-hydrogen) atoms. The Hall–Kier alpha value is -0.250. The van der Waals surface area contributed by atoms with Crippen LogP contribution in [0.1, 0.15) is 19.3 Å². The number of ether oxygens (including phenoxy) is 1. The zero-order valence-electron chi connectivity index (χ0n) is 12.0. The monoisotopic (exact) mass is 307 g/mol. The van der Waals surface area contributed by atoms with E-state index < -0.39 is 10.2 Å². The van der Waals surface area contributed by atoms with Crippen LogP contribution in [0.25, 0.3) is 0 Å². The molecule has 0 spiro atoms. The van der Waals surface area contributed by atoms with E-state index in [0.29, 0.717) is 32.2 Å². The fourth-order valence-electron chi connectivity index (χ4n) is 2.73. The fourth-order valence-corrected chi connectivity index (χ4v) is 3.72. The third kappa shape index (κ3) is 4.12. The van der Waals surface area contributed by atoms with E-state index in [1.54, 1.807) is 0 Å². The Kier molecular flexibility index (Phi) is 5.76. The summed E-state index contributed by atoms with van der Waals surface area (Å²) in [4.78, 5) is 2.39. The van der Waals surface area contributed by atoms with Crippen molar-refractivity contribution in [2.24, 2.45) is 0 Å². The fraction of sp³-hybridized carbons (Fsp3) is 1.00. The van der Waals surface area contributed by atoms with Gasteiger partial charge in [-0.15, -0.1) is 0 Å². The number of nitrogens with zero attached hydrogens (tertiary/aromatic N) is 2. The van der Waals surface area contributed by atoms with Crippen LogP contribution in [0, 0.1) is 0 Å². The van der Waals surface area contributed by atoms with Crippen LogP contribution in [0.5, 0.6) is 0 Å². The van der Waals surface area contributed by atoms with Gasteiger partial charge in [-0.3, -0.25) is 4.90 Å². The second kappa shape index (κ2) is 7.15. The third-order valence-electron chi connectivity index (χ3n) is 4.00. The lowest BCUT2D eigenvalue weighted by atomic mass is 10.2. The van der Waals surface area contributed by atoms with E-state index in [9.17, 15) is 8.42 Å². The molecule has 2 unspecified atom stereocenters. The van der Waals surface area contributed by atoms with E-state index in [1.807, 2.05) is 0 Å². The predicted octanol–water partition coefficient (Wildman–Crippen LogP) is -1.00. The molecule has 0 saturated carbocycles. The number of aliphatic hydroxyl groups excluding tert-OH is 1. The van der Waals surface area contributed by atoms with Gasteiger partial charge in [0.2, 0.25) is 0 Å². The van der Waals surface area contributed by atoms with Crippen LogP contribution in [0.15, 0.2) is 0 Å². The first-order chi connectivity index (χ1) is 9.53. The van der Waals surface area contributed by atoms with Gasteiger partial charge in [0.15, 0.2) is 0 Å². The zero-order chi connectivity index (χ0) is 14.6. The average molecular weight is 307 g/mol. The van der Waals surface area contributed by atoms with Crippen molar-refractivity contribution in [1.82, 2.24) is 13.9 Å². The molecule has 0 aromatic rings. The Morgan fingerprint density at radius 3 is 3.05 bits per heavy atom. The van der Waals surface area contributed by atoms with Crippen LogP contribution in [0.4, 0.5) is 0 Å². The first-order valence-electron chi connectivity index (χ1n) is 7.20. The summed E-state index contributed by atoms with van der Waals surface area (Å²) in [5.74, 6) is 0. The minimum Gasteiger partial charge on any atom is -0.396 e. The molecule has 2 saturated heterocycles. The first kappa shape index (κ1) is 16.1. The second-order valence-corrected chi connectivity index (χ2v) is 7.36. The minimum absolute atomic E-state index is 0.0120. The van der Waals surface area contributed by atoms with Gasteiger partial charge in [-0.05, 0) is 25.8 Å². The highest BCUT2D eigenvalue weighted by Crippen LogP contribution is 2.22. The Balaban J connectivity index is 1.76. The summed E-state index contributed by atoms with van der Waals surface area (Å²) in [5.41, 5.74) is 0. The molecule has 0 amide bonds. The van der Waals surface area contributed by atoms with Gasteiger partial charge in [-0.1, -0.05) is 0 Å². The number of aliphatic hydroxyl groups is 1. The molecule has 2 rings (SSSR count). The molecule has 0 radical (unpaired) electrons. The normalized spacial score (nSPS) is 27.9. The predicted molar refractivity (Wildman–Crippen MR) is 75.6 cm³/mol. The summed E-state index contributed by atoms with van der Waals surface area (Å²) in [6, 6.07) is 0.523. The highest BCUT2D eigenvalue weighted by Gasteiger charge is 2.32. The van der Waals surface area contributed by atoms with Crippen molar-refractivity contribution in [3.05, 3.63) is 0 Å². The molecule has 2 aliphatic heterocycles. The van der Waals surface area contributed by atoms with E-state index in [-0.39, 0.29) is 12.7 Å². The lowest BCUT2D eigenvalue weighted by Gasteiger charge is -2.35. The van der Waals surface area contributed by atoms with Crippen molar-refractivity contribution in [2.45, 2.75) is 31.4 Å². The molecule has 0 aliphatic carbocycles. The molecular weight excluding hydrogens is 282 g/mol. The molecule has 2 heterocycles. The van der Waals surface area contributed by atoms with Crippen LogP contribution in [0.2, 0.25) is 0 Å². The topological polar surface area (TPSA) is 82.1 Å². The van der Waals surface area contributed by atoms with Gasteiger partial charge in [0.25, 0.3) is 10.2 Å². The van der Waals surface area contributed by atoms with Gasteiger partial charge >= 0.3 is 0 Å². The maximum atomic E-state index is 12.0. The van der Waals surface area contributed by atoms with Gasteiger partial charge in [-0.2, -0.15) is 17.4 Å². The molecule has 2 N–H and O–H groups in total. The highest BCUT2D eigenvalue weighted by atomic mass is 32.2. The van der Waals surface area contributed by atoms with Gasteiger partial charge < -0.3 is 9.84 Å². The van der Waals surface area contributed by atoms with Gasteiger partial charge in [-0.25, -0.2) is 0 Å². The molecule has 2 aliphatic rings. The van der Waals surface area contributed by atoms with E-state index in [0.717, 1.165) is 13.1 Å². The zero-order valence-corrected chi connectivity index (χ0v) is 12.8. The van der Waals surface area contributed by atoms with Crippen molar-refractivity contribution >= 4 is 10.2 Å². The van der Waals surface area contributed by atoms with Crippen molar-refractivity contribution in [3.8, 4) is 0 Å². The Bertz CT molecular complexity index is 404. The molecular formula is C12H25N3O4S. The smallest absolute Gasteiger partial charge is 0.279 e. The number of hydrogen-bond donors (Lipinski definition) is 2. The largest absolute Gasteiger partial charge is 0.396 e. The summed E-state index contributed by atoms with van der Waals surface area (Å²) in [7, 11) is -1.97. The van der Waals surface area contributed by atoms with Crippen molar-refractivity contribution in [3.63, 3.8) is 0 Å². The number of rotatable bonds is 7. The maximum Gasteiger partial charge on any atom is 0.279 e. The molecule has 2 fully saturated rings. The summed E-state index contributed by atoms with van der Waals surface area (Å²) >= 11 is 0. The Morgan fingerprint density at radius 1 is 1.50 bits per heavy atom. The van der Waals surface area contributed by atoms with E-state index in [4.69, 9.17) is 9.84 Å². The number of hydrogen-bond acceptors (Lipinski definition) is 5.